The number of sulfonamides is 1. The number of benzene rings is 3. The summed E-state index contributed by atoms with van der Waals surface area (Å²) in [6.07, 6.45) is 0. The first-order valence-electron chi connectivity index (χ1n) is 7.90. The summed E-state index contributed by atoms with van der Waals surface area (Å²) >= 11 is 2.81. The van der Waals surface area contributed by atoms with Gasteiger partial charge in [-0.25, -0.2) is 13.4 Å². The van der Waals surface area contributed by atoms with Crippen molar-refractivity contribution in [1.82, 2.24) is 4.98 Å². The average molecular weight is 415 g/mol. The van der Waals surface area contributed by atoms with E-state index in [0.29, 0.717) is 21.4 Å². The van der Waals surface area contributed by atoms with E-state index >= 15 is 0 Å². The van der Waals surface area contributed by atoms with Crippen molar-refractivity contribution in [1.29, 1.82) is 0 Å². The second kappa shape index (κ2) is 6.88. The third kappa shape index (κ3) is 3.51. The van der Waals surface area contributed by atoms with Crippen molar-refractivity contribution in [2.75, 3.05) is 4.72 Å². The van der Waals surface area contributed by atoms with Crippen LogP contribution in [0.15, 0.2) is 75.8 Å². The average Bonchev–Trinajstić information content (AvgIpc) is 3.08. The molecule has 4 aromatic rings. The third-order valence-corrected chi connectivity index (χ3v) is 7.00. The molecule has 0 aliphatic rings. The molecule has 3 aromatic carbocycles. The lowest BCUT2D eigenvalue weighted by molar-refractivity contribution is 0.469. The van der Waals surface area contributed by atoms with Gasteiger partial charge in [0.1, 0.15) is 5.75 Å². The molecule has 27 heavy (non-hydrogen) atoms. The van der Waals surface area contributed by atoms with E-state index in [9.17, 15) is 13.5 Å². The zero-order valence-corrected chi connectivity index (χ0v) is 16.4. The standard InChI is InChI=1S/C19H14N2O3S3/c1-2-27(23,24)21-15-11-17(18(22)13-8-4-3-7-12(13)15)26-19-20-14-9-5-6-10-16(14)25-19/h2-11,21-22H,1H2. The predicted octanol–water partition coefficient (Wildman–Crippen LogP) is 5.19. The molecule has 0 aliphatic heterocycles. The first-order valence-corrected chi connectivity index (χ1v) is 11.1. The lowest BCUT2D eigenvalue weighted by atomic mass is 10.1. The molecular weight excluding hydrogens is 400 g/mol. The number of fused-ring (bicyclic) bond motifs is 2. The molecule has 0 bridgehead atoms. The van der Waals surface area contributed by atoms with Crippen LogP contribution in [0, 0.1) is 0 Å². The normalized spacial score (nSPS) is 11.7. The lowest BCUT2D eigenvalue weighted by Gasteiger charge is -2.13. The van der Waals surface area contributed by atoms with Gasteiger partial charge in [-0.1, -0.05) is 54.7 Å². The molecule has 0 saturated carbocycles. The van der Waals surface area contributed by atoms with Gasteiger partial charge in [-0.3, -0.25) is 4.72 Å². The van der Waals surface area contributed by atoms with Crippen molar-refractivity contribution < 1.29 is 13.5 Å². The van der Waals surface area contributed by atoms with Crippen molar-refractivity contribution >= 4 is 59.8 Å². The van der Waals surface area contributed by atoms with Gasteiger partial charge in [0.05, 0.1) is 20.8 Å². The number of rotatable bonds is 5. The van der Waals surface area contributed by atoms with Gasteiger partial charge in [0.15, 0.2) is 4.34 Å². The van der Waals surface area contributed by atoms with Gasteiger partial charge in [-0.2, -0.15) is 0 Å². The number of hydrogen-bond acceptors (Lipinski definition) is 6. The minimum atomic E-state index is -3.68. The molecule has 1 aromatic heterocycles. The molecule has 0 saturated heterocycles. The van der Waals surface area contributed by atoms with Crippen molar-refractivity contribution in [3.8, 4) is 5.75 Å². The molecule has 0 amide bonds. The quantitative estimate of drug-likeness (QED) is 0.439. The Bertz CT molecular complexity index is 1250. The zero-order chi connectivity index (χ0) is 19.0. The molecule has 0 atom stereocenters. The largest absolute Gasteiger partial charge is 0.506 e. The highest BCUT2D eigenvalue weighted by molar-refractivity contribution is 8.01. The SMILES string of the molecule is C=CS(=O)(=O)Nc1cc(Sc2nc3ccccc3s2)c(O)c2ccccc12. The van der Waals surface area contributed by atoms with Crippen LogP contribution in [0.5, 0.6) is 5.75 Å². The summed E-state index contributed by atoms with van der Waals surface area (Å²) in [4.78, 5) is 5.09. The van der Waals surface area contributed by atoms with Crippen molar-refractivity contribution in [3.05, 3.63) is 66.6 Å². The minimum absolute atomic E-state index is 0.0939. The van der Waals surface area contributed by atoms with Gasteiger partial charge < -0.3 is 5.11 Å². The zero-order valence-electron chi connectivity index (χ0n) is 13.9. The minimum Gasteiger partial charge on any atom is -0.506 e. The fourth-order valence-corrected chi connectivity index (χ4v) is 5.36. The third-order valence-electron chi connectivity index (χ3n) is 3.92. The Hall–Kier alpha value is -2.55. The fraction of sp³-hybridized carbons (Fsp3) is 0. The molecule has 2 N–H and O–H groups in total. The molecule has 0 aliphatic carbocycles. The first-order chi connectivity index (χ1) is 13.0. The van der Waals surface area contributed by atoms with Crippen LogP contribution in [-0.4, -0.2) is 18.5 Å². The molecule has 5 nitrogen and oxygen atoms in total. The van der Waals surface area contributed by atoms with E-state index in [0.717, 1.165) is 20.0 Å². The second-order valence-corrected chi connectivity index (χ2v) is 9.63. The van der Waals surface area contributed by atoms with E-state index in [4.69, 9.17) is 0 Å². The molecule has 0 radical (unpaired) electrons. The molecule has 4 rings (SSSR count). The maximum atomic E-state index is 12.0. The number of aromatic hydroxyl groups is 1. The van der Waals surface area contributed by atoms with Crippen LogP contribution in [0.1, 0.15) is 0 Å². The van der Waals surface area contributed by atoms with E-state index in [1.165, 1.54) is 23.1 Å². The van der Waals surface area contributed by atoms with Crippen LogP contribution >= 0.6 is 23.1 Å². The van der Waals surface area contributed by atoms with Crippen molar-refractivity contribution in [2.24, 2.45) is 0 Å². The van der Waals surface area contributed by atoms with Gasteiger partial charge in [0.25, 0.3) is 10.0 Å². The van der Waals surface area contributed by atoms with Gasteiger partial charge in [-0.15, -0.1) is 11.3 Å². The maximum Gasteiger partial charge on any atom is 0.254 e. The molecule has 0 spiro atoms. The van der Waals surface area contributed by atoms with Gasteiger partial charge in [0.2, 0.25) is 0 Å². The predicted molar refractivity (Wildman–Crippen MR) is 112 cm³/mol. The van der Waals surface area contributed by atoms with Crippen LogP contribution < -0.4 is 4.72 Å². The smallest absolute Gasteiger partial charge is 0.254 e. The summed E-state index contributed by atoms with van der Waals surface area (Å²) in [5.41, 5.74) is 1.27. The monoisotopic (exact) mass is 414 g/mol. The molecule has 0 unspecified atom stereocenters. The van der Waals surface area contributed by atoms with Crippen LogP contribution in [0.2, 0.25) is 0 Å². The van der Waals surface area contributed by atoms with Crippen LogP contribution in [-0.2, 0) is 10.0 Å². The Labute approximate surface area is 164 Å². The van der Waals surface area contributed by atoms with E-state index < -0.39 is 10.0 Å². The van der Waals surface area contributed by atoms with Gasteiger partial charge >= 0.3 is 0 Å². The first kappa shape index (κ1) is 17.8. The lowest BCUT2D eigenvalue weighted by Crippen LogP contribution is -2.08. The Kier molecular flexibility index (Phi) is 4.55. The molecule has 0 fully saturated rings. The topological polar surface area (TPSA) is 79.3 Å². The summed E-state index contributed by atoms with van der Waals surface area (Å²) in [5, 5.41) is 12.7. The van der Waals surface area contributed by atoms with Crippen LogP contribution in [0.4, 0.5) is 5.69 Å². The van der Waals surface area contributed by atoms with E-state index in [2.05, 4.69) is 16.3 Å². The fourth-order valence-electron chi connectivity index (χ4n) is 2.68. The molecule has 1 heterocycles. The summed E-state index contributed by atoms with van der Waals surface area (Å²) in [5.74, 6) is 0.0939. The number of nitrogens with zero attached hydrogens (tertiary/aromatic N) is 1. The second-order valence-electron chi connectivity index (χ2n) is 5.68. The Balaban J connectivity index is 1.84. The van der Waals surface area contributed by atoms with E-state index in [-0.39, 0.29) is 5.75 Å². The van der Waals surface area contributed by atoms with E-state index in [1.807, 2.05) is 24.3 Å². The highest BCUT2D eigenvalue weighted by Gasteiger charge is 2.16. The Morgan fingerprint density at radius 2 is 1.81 bits per heavy atom. The number of para-hydroxylation sites is 1. The number of nitrogens with one attached hydrogen (secondary N) is 1. The van der Waals surface area contributed by atoms with Crippen molar-refractivity contribution in [2.45, 2.75) is 9.24 Å². The number of hydrogen-bond donors (Lipinski definition) is 2. The molecule has 136 valence electrons. The summed E-state index contributed by atoms with van der Waals surface area (Å²) < 4.78 is 28.3. The van der Waals surface area contributed by atoms with Crippen LogP contribution in [0.3, 0.4) is 0 Å². The number of anilines is 1. The van der Waals surface area contributed by atoms with Gasteiger partial charge in [-0.05, 0) is 18.2 Å². The Morgan fingerprint density at radius 1 is 1.11 bits per heavy atom. The van der Waals surface area contributed by atoms with Crippen molar-refractivity contribution in [3.63, 3.8) is 0 Å². The van der Waals surface area contributed by atoms with Gasteiger partial charge in [0, 0.05) is 16.2 Å². The highest BCUT2D eigenvalue weighted by Crippen LogP contribution is 2.44. The maximum absolute atomic E-state index is 12.0. The number of phenolic OH excluding ortho intramolecular Hbond substituents is 1. The summed E-state index contributed by atoms with van der Waals surface area (Å²) in [6, 6.07) is 16.5. The van der Waals surface area contributed by atoms with E-state index in [1.54, 1.807) is 30.3 Å². The number of thiazole rings is 1. The van der Waals surface area contributed by atoms with Crippen LogP contribution in [0.25, 0.3) is 21.0 Å². The number of aromatic nitrogens is 1. The summed E-state index contributed by atoms with van der Waals surface area (Å²) in [6.45, 7) is 3.33. The number of phenols is 1. The molecular formula is C19H14N2O3S3. The molecule has 8 heteroatoms. The Morgan fingerprint density at radius 3 is 2.56 bits per heavy atom. The summed E-state index contributed by atoms with van der Waals surface area (Å²) in [7, 11) is -3.68. The highest BCUT2D eigenvalue weighted by atomic mass is 32.2.